The Hall–Kier alpha value is -3.49. The van der Waals surface area contributed by atoms with Gasteiger partial charge in [0.05, 0.1) is 24.1 Å². The van der Waals surface area contributed by atoms with Gasteiger partial charge in [-0.15, -0.1) is 0 Å². The largest absolute Gasteiger partial charge is 0.350 e. The zero-order valence-electron chi connectivity index (χ0n) is 18.5. The lowest BCUT2D eigenvalue weighted by Crippen LogP contribution is -2.49. The van der Waals surface area contributed by atoms with Crippen molar-refractivity contribution in [1.29, 1.82) is 0 Å². The third kappa shape index (κ3) is 4.35. The molecule has 9 nitrogen and oxygen atoms in total. The van der Waals surface area contributed by atoms with Gasteiger partial charge in [-0.2, -0.15) is 10.1 Å². The number of carbonyl (C=O) groups is 1. The summed E-state index contributed by atoms with van der Waals surface area (Å²) >= 11 is 0. The summed E-state index contributed by atoms with van der Waals surface area (Å²) in [6, 6.07) is 5.72. The first-order valence-corrected chi connectivity index (χ1v) is 10.4. The maximum Gasteiger partial charge on any atom is 0.247 e. The number of carbonyl (C=O) groups excluding carboxylic acids is 1. The SMILES string of the molecule is Cc1cccc(Cn2cc(CNc3nc(C)c4c(n3)N(C)C(C(C)C)C(=O)N4)cn2)n1. The van der Waals surface area contributed by atoms with Crippen LogP contribution in [0.1, 0.15) is 36.5 Å². The van der Waals surface area contributed by atoms with E-state index in [9.17, 15) is 4.79 Å². The quantitative estimate of drug-likeness (QED) is 0.632. The van der Waals surface area contributed by atoms with Gasteiger partial charge in [-0.05, 0) is 31.9 Å². The van der Waals surface area contributed by atoms with Crippen molar-refractivity contribution in [3.63, 3.8) is 0 Å². The van der Waals surface area contributed by atoms with Gasteiger partial charge >= 0.3 is 0 Å². The van der Waals surface area contributed by atoms with E-state index in [0.717, 1.165) is 28.5 Å². The molecule has 3 aromatic rings. The summed E-state index contributed by atoms with van der Waals surface area (Å²) in [7, 11) is 1.90. The highest BCUT2D eigenvalue weighted by Crippen LogP contribution is 2.34. The predicted molar refractivity (Wildman–Crippen MR) is 120 cm³/mol. The maximum absolute atomic E-state index is 12.5. The number of amides is 1. The number of aromatic nitrogens is 5. The number of nitrogens with one attached hydrogen (secondary N) is 2. The number of hydrogen-bond acceptors (Lipinski definition) is 7. The van der Waals surface area contributed by atoms with Crippen molar-refractivity contribution in [2.45, 2.75) is 46.8 Å². The first-order valence-electron chi connectivity index (χ1n) is 10.4. The van der Waals surface area contributed by atoms with Crippen LogP contribution in [0.3, 0.4) is 0 Å². The van der Waals surface area contributed by atoms with Crippen molar-refractivity contribution in [3.8, 4) is 0 Å². The summed E-state index contributed by atoms with van der Waals surface area (Å²) in [4.78, 5) is 28.1. The molecule has 3 aromatic heterocycles. The second kappa shape index (κ2) is 8.33. The molecule has 0 saturated carbocycles. The molecule has 0 bridgehead atoms. The summed E-state index contributed by atoms with van der Waals surface area (Å²) in [6.07, 6.45) is 3.82. The van der Waals surface area contributed by atoms with Crippen LogP contribution in [0.25, 0.3) is 0 Å². The number of likely N-dealkylation sites (N-methyl/N-ethyl adjacent to an activating group) is 1. The Morgan fingerprint density at radius 3 is 2.74 bits per heavy atom. The molecule has 1 amide bonds. The van der Waals surface area contributed by atoms with Crippen LogP contribution in [0.5, 0.6) is 0 Å². The number of fused-ring (bicyclic) bond motifs is 1. The Balaban J connectivity index is 1.47. The van der Waals surface area contributed by atoms with Gasteiger partial charge in [-0.1, -0.05) is 19.9 Å². The van der Waals surface area contributed by atoms with E-state index in [1.165, 1.54) is 0 Å². The topological polar surface area (TPSA) is 101 Å². The molecule has 1 aliphatic heterocycles. The lowest BCUT2D eigenvalue weighted by atomic mass is 9.99. The van der Waals surface area contributed by atoms with Gasteiger partial charge in [0.1, 0.15) is 11.7 Å². The minimum atomic E-state index is -0.261. The van der Waals surface area contributed by atoms with Gasteiger partial charge in [0.25, 0.3) is 0 Å². The van der Waals surface area contributed by atoms with E-state index in [1.807, 2.05) is 74.9 Å². The van der Waals surface area contributed by atoms with E-state index in [2.05, 4.69) is 30.7 Å². The van der Waals surface area contributed by atoms with Crippen LogP contribution in [0.4, 0.5) is 17.5 Å². The monoisotopic (exact) mass is 420 g/mol. The highest BCUT2D eigenvalue weighted by molar-refractivity contribution is 6.03. The van der Waals surface area contributed by atoms with Gasteiger partial charge in [0.15, 0.2) is 5.82 Å². The molecule has 1 aliphatic rings. The van der Waals surface area contributed by atoms with Gasteiger partial charge < -0.3 is 15.5 Å². The van der Waals surface area contributed by atoms with Gasteiger partial charge in [0, 0.05) is 31.0 Å². The number of pyridine rings is 1. The van der Waals surface area contributed by atoms with E-state index in [0.29, 0.717) is 24.7 Å². The van der Waals surface area contributed by atoms with Crippen molar-refractivity contribution in [2.24, 2.45) is 5.92 Å². The summed E-state index contributed by atoms with van der Waals surface area (Å²) in [6.45, 7) is 9.09. The van der Waals surface area contributed by atoms with Crippen LogP contribution in [-0.4, -0.2) is 43.7 Å². The predicted octanol–water partition coefficient (Wildman–Crippen LogP) is 2.76. The fraction of sp³-hybridized carbons (Fsp3) is 0.409. The maximum atomic E-state index is 12.5. The molecule has 31 heavy (non-hydrogen) atoms. The molecule has 4 heterocycles. The van der Waals surface area contributed by atoms with Gasteiger partial charge in [-0.3, -0.25) is 14.5 Å². The van der Waals surface area contributed by atoms with Crippen molar-refractivity contribution in [1.82, 2.24) is 24.7 Å². The third-order valence-electron chi connectivity index (χ3n) is 5.38. The summed E-state index contributed by atoms with van der Waals surface area (Å²) in [5.41, 5.74) is 4.39. The number of hydrogen-bond donors (Lipinski definition) is 2. The van der Waals surface area contributed by atoms with Crippen LogP contribution in [0, 0.1) is 19.8 Å². The van der Waals surface area contributed by atoms with Gasteiger partial charge in [-0.25, -0.2) is 4.98 Å². The lowest BCUT2D eigenvalue weighted by Gasteiger charge is -2.36. The average Bonchev–Trinajstić information content (AvgIpc) is 3.14. The average molecular weight is 421 g/mol. The Bertz CT molecular complexity index is 1110. The van der Waals surface area contributed by atoms with Crippen LogP contribution in [0.15, 0.2) is 30.6 Å². The summed E-state index contributed by atoms with van der Waals surface area (Å²) in [5, 5.41) is 10.7. The summed E-state index contributed by atoms with van der Waals surface area (Å²) in [5.74, 6) is 1.40. The molecule has 1 atom stereocenters. The van der Waals surface area contributed by atoms with Crippen molar-refractivity contribution in [3.05, 3.63) is 53.2 Å². The molecule has 0 aliphatic carbocycles. The fourth-order valence-corrected chi connectivity index (χ4v) is 3.91. The first-order chi connectivity index (χ1) is 14.8. The number of nitrogens with zero attached hydrogens (tertiary/aromatic N) is 6. The van der Waals surface area contributed by atoms with Crippen molar-refractivity contribution in [2.75, 3.05) is 22.6 Å². The smallest absolute Gasteiger partial charge is 0.247 e. The molecule has 0 spiro atoms. The number of aryl methyl sites for hydroxylation is 2. The van der Waals surface area contributed by atoms with Crippen molar-refractivity contribution >= 4 is 23.4 Å². The fourth-order valence-electron chi connectivity index (χ4n) is 3.91. The Labute approximate surface area is 181 Å². The molecule has 2 N–H and O–H groups in total. The lowest BCUT2D eigenvalue weighted by molar-refractivity contribution is -0.118. The Morgan fingerprint density at radius 2 is 2.00 bits per heavy atom. The van der Waals surface area contributed by atoms with Crippen LogP contribution < -0.4 is 15.5 Å². The molecule has 162 valence electrons. The van der Waals surface area contributed by atoms with Crippen LogP contribution in [0.2, 0.25) is 0 Å². The molecular formula is C22H28N8O. The molecule has 0 fully saturated rings. The molecule has 0 saturated heterocycles. The van der Waals surface area contributed by atoms with E-state index in [4.69, 9.17) is 0 Å². The third-order valence-corrected chi connectivity index (χ3v) is 5.38. The number of rotatable bonds is 6. The van der Waals surface area contributed by atoms with E-state index < -0.39 is 0 Å². The summed E-state index contributed by atoms with van der Waals surface area (Å²) < 4.78 is 1.87. The van der Waals surface area contributed by atoms with E-state index >= 15 is 0 Å². The Kier molecular flexibility index (Phi) is 5.58. The molecule has 1 unspecified atom stereocenters. The van der Waals surface area contributed by atoms with Crippen molar-refractivity contribution < 1.29 is 4.79 Å². The zero-order valence-corrected chi connectivity index (χ0v) is 18.5. The minimum Gasteiger partial charge on any atom is -0.350 e. The second-order valence-electron chi connectivity index (χ2n) is 8.29. The molecule has 9 heteroatoms. The molecule has 0 radical (unpaired) electrons. The van der Waals surface area contributed by atoms with Gasteiger partial charge in [0.2, 0.25) is 11.9 Å². The van der Waals surface area contributed by atoms with E-state index in [1.54, 1.807) is 0 Å². The minimum absolute atomic E-state index is 0.0204. The number of anilines is 3. The molecule has 0 aromatic carbocycles. The van der Waals surface area contributed by atoms with Crippen LogP contribution >= 0.6 is 0 Å². The Morgan fingerprint density at radius 1 is 1.19 bits per heavy atom. The highest BCUT2D eigenvalue weighted by Gasteiger charge is 2.35. The highest BCUT2D eigenvalue weighted by atomic mass is 16.2. The van der Waals surface area contributed by atoms with E-state index in [-0.39, 0.29) is 17.9 Å². The normalized spacial score (nSPS) is 15.7. The first kappa shape index (κ1) is 20.8. The molecular weight excluding hydrogens is 392 g/mol. The second-order valence-corrected chi connectivity index (χ2v) is 8.29. The zero-order chi connectivity index (χ0) is 22.1. The molecule has 4 rings (SSSR count). The standard InChI is InChI=1S/C22H28N8O/c1-13(2)19-21(31)27-18-15(4)26-22(28-20(18)29(19)5)23-9-16-10-24-30(11-16)12-17-8-6-7-14(3)25-17/h6-8,10-11,13,19H,9,12H2,1-5H3,(H,27,31)(H,23,26,28). The van der Waals surface area contributed by atoms with Crippen LogP contribution in [-0.2, 0) is 17.9 Å².